The predicted molar refractivity (Wildman–Crippen MR) is 139 cm³/mol. The number of benzene rings is 3. The summed E-state index contributed by atoms with van der Waals surface area (Å²) < 4.78 is 29.0. The van der Waals surface area contributed by atoms with Gasteiger partial charge in [-0.25, -0.2) is 18.1 Å². The zero-order valence-corrected chi connectivity index (χ0v) is 21.3. The van der Waals surface area contributed by atoms with E-state index in [1.54, 1.807) is 18.2 Å². The lowest BCUT2D eigenvalue weighted by Gasteiger charge is -2.17. The van der Waals surface area contributed by atoms with Gasteiger partial charge in [-0.05, 0) is 56.1 Å². The average Bonchev–Trinajstić information content (AvgIpc) is 3.22. The van der Waals surface area contributed by atoms with Crippen LogP contribution in [0.2, 0.25) is 10.0 Å². The van der Waals surface area contributed by atoms with E-state index in [4.69, 9.17) is 28.9 Å². The Labute approximate surface area is 213 Å². The minimum Gasteiger partial charge on any atom is -0.366 e. The smallest absolute Gasteiger partial charge is 0.250 e. The Balaban J connectivity index is 1.89. The van der Waals surface area contributed by atoms with Crippen LogP contribution in [-0.2, 0) is 10.0 Å². The van der Waals surface area contributed by atoms with Gasteiger partial charge in [0.05, 0.1) is 31.5 Å². The van der Waals surface area contributed by atoms with Gasteiger partial charge in [-0.3, -0.25) is 4.79 Å². The molecule has 182 valence electrons. The number of nitrogens with two attached hydrogens (primary N) is 1. The summed E-state index contributed by atoms with van der Waals surface area (Å²) in [4.78, 5) is 21.6. The first kappa shape index (κ1) is 25.2. The molecule has 0 aliphatic heterocycles. The van der Waals surface area contributed by atoms with Crippen LogP contribution in [0.4, 0.5) is 0 Å². The minimum atomic E-state index is -3.98. The number of amides is 1. The Hall–Kier alpha value is -2.95. The van der Waals surface area contributed by atoms with Crippen molar-refractivity contribution in [2.24, 2.45) is 5.73 Å². The molecule has 11 heteroatoms. The topological polar surface area (TPSA) is 121 Å². The number of hydrogen-bond donors (Lipinski definition) is 3. The number of aromatic amines is 1. The number of para-hydroxylation sites is 2. The van der Waals surface area contributed by atoms with E-state index in [0.29, 0.717) is 28.5 Å². The highest BCUT2D eigenvalue weighted by molar-refractivity contribution is 7.89. The molecule has 1 aromatic heterocycles. The van der Waals surface area contributed by atoms with Gasteiger partial charge in [0.25, 0.3) is 0 Å². The summed E-state index contributed by atoms with van der Waals surface area (Å²) in [6, 6.07) is 15.1. The van der Waals surface area contributed by atoms with E-state index in [2.05, 4.69) is 14.7 Å². The molecule has 4 N–H and O–H groups in total. The number of sulfonamides is 1. The number of rotatable bonds is 8. The van der Waals surface area contributed by atoms with Crippen molar-refractivity contribution < 1.29 is 13.2 Å². The van der Waals surface area contributed by atoms with Gasteiger partial charge in [-0.15, -0.1) is 0 Å². The minimum absolute atomic E-state index is 0.00847. The van der Waals surface area contributed by atoms with Gasteiger partial charge in [0.1, 0.15) is 5.82 Å². The van der Waals surface area contributed by atoms with Crippen molar-refractivity contribution in [3.8, 4) is 22.5 Å². The monoisotopic (exact) mass is 531 g/mol. The number of aromatic nitrogens is 2. The number of nitrogens with one attached hydrogen (secondary N) is 2. The van der Waals surface area contributed by atoms with Gasteiger partial charge in [0, 0.05) is 24.2 Å². The standard InChI is InChI=1S/C24H23Cl2N5O3S/c1-31(2)12-11-28-35(33,34)20-10-8-15(23(27)32)22(26)21(20)14-7-9-17(25)16(13-14)24-29-18-5-3-4-6-19(18)30-24/h3-10,13,28H,11-12H2,1-2H3,(H2,27,32)(H,29,30). The zero-order valence-electron chi connectivity index (χ0n) is 19.0. The van der Waals surface area contributed by atoms with E-state index in [-0.39, 0.29) is 27.6 Å². The lowest BCUT2D eigenvalue weighted by atomic mass is 10.00. The number of nitrogens with zero attached hydrogens (tertiary/aromatic N) is 2. The first-order chi connectivity index (χ1) is 16.6. The maximum absolute atomic E-state index is 13.2. The van der Waals surface area contributed by atoms with E-state index < -0.39 is 15.9 Å². The molecule has 35 heavy (non-hydrogen) atoms. The number of halogens is 2. The second-order valence-electron chi connectivity index (χ2n) is 8.16. The fraction of sp³-hybridized carbons (Fsp3) is 0.167. The molecule has 8 nitrogen and oxygen atoms in total. The highest BCUT2D eigenvalue weighted by Crippen LogP contribution is 2.39. The first-order valence-electron chi connectivity index (χ1n) is 10.6. The molecule has 0 aliphatic rings. The lowest BCUT2D eigenvalue weighted by Crippen LogP contribution is -2.31. The number of carbonyl (C=O) groups excluding carboxylic acids is 1. The van der Waals surface area contributed by atoms with Crippen molar-refractivity contribution in [2.45, 2.75) is 4.90 Å². The third-order valence-electron chi connectivity index (χ3n) is 5.41. The fourth-order valence-corrected chi connectivity index (χ4v) is 5.55. The third kappa shape index (κ3) is 5.19. The molecular weight excluding hydrogens is 509 g/mol. The van der Waals surface area contributed by atoms with Crippen LogP contribution >= 0.6 is 23.2 Å². The molecule has 4 aromatic rings. The molecule has 1 amide bonds. The number of likely N-dealkylation sites (N-methyl/N-ethyl adjacent to an activating group) is 1. The molecule has 0 unspecified atom stereocenters. The van der Waals surface area contributed by atoms with E-state index in [1.165, 1.54) is 12.1 Å². The van der Waals surface area contributed by atoms with Crippen LogP contribution in [0.25, 0.3) is 33.5 Å². The Bertz CT molecular complexity index is 1500. The van der Waals surface area contributed by atoms with Gasteiger partial charge >= 0.3 is 0 Å². The molecule has 1 heterocycles. The SMILES string of the molecule is CN(C)CCNS(=O)(=O)c1ccc(C(N)=O)c(Cl)c1-c1ccc(Cl)c(-c2nc3ccccc3[nH]2)c1. The van der Waals surface area contributed by atoms with Crippen molar-refractivity contribution in [3.63, 3.8) is 0 Å². The molecule has 0 spiro atoms. The molecule has 4 rings (SSSR count). The van der Waals surface area contributed by atoms with Crippen molar-refractivity contribution in [2.75, 3.05) is 27.2 Å². The third-order valence-corrected chi connectivity index (χ3v) is 7.63. The van der Waals surface area contributed by atoms with E-state index in [1.807, 2.05) is 43.3 Å². The summed E-state index contributed by atoms with van der Waals surface area (Å²) in [5.41, 5.74) is 8.21. The molecule has 0 saturated heterocycles. The largest absolute Gasteiger partial charge is 0.366 e. The Morgan fingerprint density at radius 1 is 1.11 bits per heavy atom. The molecule has 0 atom stereocenters. The summed E-state index contributed by atoms with van der Waals surface area (Å²) in [6.45, 7) is 0.688. The molecule has 0 saturated carbocycles. The maximum Gasteiger partial charge on any atom is 0.250 e. The summed E-state index contributed by atoms with van der Waals surface area (Å²) >= 11 is 13.1. The van der Waals surface area contributed by atoms with Crippen molar-refractivity contribution in [1.29, 1.82) is 0 Å². The average molecular weight is 532 g/mol. The Morgan fingerprint density at radius 2 is 1.86 bits per heavy atom. The quantitative estimate of drug-likeness (QED) is 0.315. The van der Waals surface area contributed by atoms with Crippen LogP contribution in [0.3, 0.4) is 0 Å². The van der Waals surface area contributed by atoms with Crippen LogP contribution in [0, 0.1) is 0 Å². The molecule has 3 aromatic carbocycles. The summed E-state index contributed by atoms with van der Waals surface area (Å²) in [5, 5.41) is 0.342. The van der Waals surface area contributed by atoms with Crippen molar-refractivity contribution in [1.82, 2.24) is 19.6 Å². The van der Waals surface area contributed by atoms with Crippen molar-refractivity contribution >= 4 is 50.2 Å². The fourth-order valence-electron chi connectivity index (χ4n) is 3.67. The van der Waals surface area contributed by atoms with Gasteiger partial charge in [-0.1, -0.05) is 41.4 Å². The number of carbonyl (C=O) groups is 1. The van der Waals surface area contributed by atoms with Crippen LogP contribution in [0.5, 0.6) is 0 Å². The van der Waals surface area contributed by atoms with Crippen LogP contribution < -0.4 is 10.5 Å². The van der Waals surface area contributed by atoms with E-state index >= 15 is 0 Å². The summed E-state index contributed by atoms with van der Waals surface area (Å²) in [7, 11) is -0.300. The maximum atomic E-state index is 13.2. The second-order valence-corrected chi connectivity index (χ2v) is 10.7. The first-order valence-corrected chi connectivity index (χ1v) is 12.8. The van der Waals surface area contributed by atoms with Crippen LogP contribution in [-0.4, -0.2) is 56.4 Å². The summed E-state index contributed by atoms with van der Waals surface area (Å²) in [6.07, 6.45) is 0. The van der Waals surface area contributed by atoms with E-state index in [9.17, 15) is 13.2 Å². The van der Waals surface area contributed by atoms with Gasteiger partial charge in [-0.2, -0.15) is 0 Å². The van der Waals surface area contributed by atoms with E-state index in [0.717, 1.165) is 11.0 Å². The number of fused-ring (bicyclic) bond motifs is 1. The summed E-state index contributed by atoms with van der Waals surface area (Å²) in [5.74, 6) is -0.263. The predicted octanol–water partition coefficient (Wildman–Crippen LogP) is 4.14. The van der Waals surface area contributed by atoms with Crippen molar-refractivity contribution in [3.05, 3.63) is 70.2 Å². The highest BCUT2D eigenvalue weighted by atomic mass is 35.5. The number of hydrogen-bond acceptors (Lipinski definition) is 5. The molecule has 0 radical (unpaired) electrons. The molecular formula is C24H23Cl2N5O3S. The van der Waals surface area contributed by atoms with Gasteiger partial charge < -0.3 is 15.6 Å². The number of H-pyrrole nitrogens is 1. The Morgan fingerprint density at radius 3 is 2.54 bits per heavy atom. The lowest BCUT2D eigenvalue weighted by molar-refractivity contribution is 0.100. The van der Waals surface area contributed by atoms with Gasteiger partial charge in [0.2, 0.25) is 15.9 Å². The normalized spacial score (nSPS) is 11.9. The molecule has 0 fully saturated rings. The second kappa shape index (κ2) is 9.96. The zero-order chi connectivity index (χ0) is 25.3. The number of imidazole rings is 1. The van der Waals surface area contributed by atoms with Crippen LogP contribution in [0.1, 0.15) is 10.4 Å². The highest BCUT2D eigenvalue weighted by Gasteiger charge is 2.25. The molecule has 0 bridgehead atoms. The number of primary amides is 1. The van der Waals surface area contributed by atoms with Crippen LogP contribution in [0.15, 0.2) is 59.5 Å². The molecule has 0 aliphatic carbocycles. The van der Waals surface area contributed by atoms with Gasteiger partial charge in [0.15, 0.2) is 0 Å². The Kier molecular flexibility index (Phi) is 7.16.